The van der Waals surface area contributed by atoms with Gasteiger partial charge in [0.25, 0.3) is 0 Å². The largest absolute Gasteiger partial charge is 0.329 e. The normalized spacial score (nSPS) is 26.7. The second-order valence-corrected chi connectivity index (χ2v) is 5.21. The van der Waals surface area contributed by atoms with Crippen molar-refractivity contribution in [2.24, 2.45) is 5.73 Å². The minimum absolute atomic E-state index is 0.00625. The number of aryl methyl sites for hydroxylation is 1. The molecule has 0 bridgehead atoms. The lowest BCUT2D eigenvalue weighted by atomic mass is 10.0. The highest BCUT2D eigenvalue weighted by Crippen LogP contribution is 2.44. The molecule has 1 aliphatic heterocycles. The molecular weight excluding hydrogens is 194 g/mol. The van der Waals surface area contributed by atoms with E-state index in [1.807, 2.05) is 31.1 Å². The number of rotatable bonds is 2. The van der Waals surface area contributed by atoms with Crippen molar-refractivity contribution in [3.05, 3.63) is 23.8 Å². The fourth-order valence-corrected chi connectivity index (χ4v) is 3.07. The van der Waals surface area contributed by atoms with E-state index in [-0.39, 0.29) is 4.75 Å². The molecule has 2 N–H and O–H groups in total. The maximum Gasteiger partial charge on any atom is 0.145 e. The molecular formula is C10H15N3S. The Bertz CT molecular complexity index is 304. The zero-order valence-electron chi connectivity index (χ0n) is 8.36. The summed E-state index contributed by atoms with van der Waals surface area (Å²) in [6.45, 7) is 2.64. The summed E-state index contributed by atoms with van der Waals surface area (Å²) in [5.74, 6) is 2.09. The lowest BCUT2D eigenvalue weighted by Gasteiger charge is -2.24. The van der Waals surface area contributed by atoms with Crippen molar-refractivity contribution < 1.29 is 0 Å². The van der Waals surface area contributed by atoms with Crippen LogP contribution in [0.1, 0.15) is 24.2 Å². The van der Waals surface area contributed by atoms with Crippen molar-refractivity contribution in [2.75, 3.05) is 12.3 Å². The zero-order chi connectivity index (χ0) is 10.0. The Morgan fingerprint density at radius 1 is 1.50 bits per heavy atom. The van der Waals surface area contributed by atoms with Gasteiger partial charge in [0.15, 0.2) is 0 Å². The number of nitrogens with two attached hydrogens (primary N) is 1. The van der Waals surface area contributed by atoms with Gasteiger partial charge in [0.1, 0.15) is 5.82 Å². The SMILES string of the molecule is Cc1cnc(C2(CN)CCCS2)nc1. The second-order valence-electron chi connectivity index (χ2n) is 3.73. The molecule has 14 heavy (non-hydrogen) atoms. The van der Waals surface area contributed by atoms with E-state index < -0.39 is 0 Å². The van der Waals surface area contributed by atoms with Gasteiger partial charge in [-0.05, 0) is 31.1 Å². The first kappa shape index (κ1) is 9.93. The van der Waals surface area contributed by atoms with Crippen molar-refractivity contribution in [3.8, 4) is 0 Å². The summed E-state index contributed by atoms with van der Waals surface area (Å²) < 4.78 is -0.00625. The van der Waals surface area contributed by atoms with Crippen molar-refractivity contribution in [3.63, 3.8) is 0 Å². The van der Waals surface area contributed by atoms with Gasteiger partial charge < -0.3 is 5.73 Å². The van der Waals surface area contributed by atoms with Gasteiger partial charge in [-0.3, -0.25) is 0 Å². The maximum absolute atomic E-state index is 5.84. The van der Waals surface area contributed by atoms with Crippen LogP contribution in [-0.2, 0) is 4.75 Å². The third-order valence-electron chi connectivity index (χ3n) is 2.62. The molecule has 3 nitrogen and oxygen atoms in total. The van der Waals surface area contributed by atoms with Gasteiger partial charge in [0.2, 0.25) is 0 Å². The van der Waals surface area contributed by atoms with Crippen LogP contribution in [0.3, 0.4) is 0 Å². The molecule has 0 aliphatic carbocycles. The number of thioether (sulfide) groups is 1. The van der Waals surface area contributed by atoms with E-state index in [2.05, 4.69) is 9.97 Å². The van der Waals surface area contributed by atoms with Gasteiger partial charge in [-0.25, -0.2) is 9.97 Å². The Hall–Kier alpha value is -0.610. The van der Waals surface area contributed by atoms with Crippen molar-refractivity contribution in [2.45, 2.75) is 24.5 Å². The van der Waals surface area contributed by atoms with E-state index >= 15 is 0 Å². The molecule has 4 heteroatoms. The molecule has 1 fully saturated rings. The molecule has 1 unspecified atom stereocenters. The van der Waals surface area contributed by atoms with E-state index in [1.54, 1.807) is 0 Å². The molecule has 76 valence electrons. The van der Waals surface area contributed by atoms with Crippen molar-refractivity contribution >= 4 is 11.8 Å². The average Bonchev–Trinajstić information content (AvgIpc) is 2.68. The molecule has 1 saturated heterocycles. The number of nitrogens with zero attached hydrogens (tertiary/aromatic N) is 2. The van der Waals surface area contributed by atoms with Crippen LogP contribution < -0.4 is 5.73 Å². The summed E-state index contributed by atoms with van der Waals surface area (Å²) in [6.07, 6.45) is 6.08. The molecule has 0 amide bonds. The lowest BCUT2D eigenvalue weighted by molar-refractivity contribution is 0.563. The summed E-state index contributed by atoms with van der Waals surface area (Å²) in [6, 6.07) is 0. The van der Waals surface area contributed by atoms with E-state index in [0.717, 1.165) is 17.8 Å². The van der Waals surface area contributed by atoms with E-state index in [1.165, 1.54) is 12.2 Å². The fourth-order valence-electron chi connectivity index (χ4n) is 1.75. The van der Waals surface area contributed by atoms with Gasteiger partial charge in [0.05, 0.1) is 4.75 Å². The van der Waals surface area contributed by atoms with Gasteiger partial charge >= 0.3 is 0 Å². The third kappa shape index (κ3) is 1.64. The summed E-state index contributed by atoms with van der Waals surface area (Å²) >= 11 is 1.90. The summed E-state index contributed by atoms with van der Waals surface area (Å²) in [5, 5.41) is 0. The first-order valence-corrected chi connectivity index (χ1v) is 5.88. The fraction of sp³-hybridized carbons (Fsp3) is 0.600. The van der Waals surface area contributed by atoms with Crippen LogP contribution in [0.5, 0.6) is 0 Å². The molecule has 0 saturated carbocycles. The van der Waals surface area contributed by atoms with Crippen molar-refractivity contribution in [1.29, 1.82) is 0 Å². The number of hydrogen-bond acceptors (Lipinski definition) is 4. The minimum atomic E-state index is -0.00625. The molecule has 0 spiro atoms. The smallest absolute Gasteiger partial charge is 0.145 e. The Labute approximate surface area is 88.5 Å². The van der Waals surface area contributed by atoms with E-state index in [4.69, 9.17) is 5.73 Å². The Morgan fingerprint density at radius 2 is 2.21 bits per heavy atom. The predicted molar refractivity (Wildman–Crippen MR) is 59.2 cm³/mol. The van der Waals surface area contributed by atoms with Gasteiger partial charge in [-0.15, -0.1) is 11.8 Å². The van der Waals surface area contributed by atoms with Crippen LogP contribution in [0.4, 0.5) is 0 Å². The van der Waals surface area contributed by atoms with Crippen LogP contribution in [0.25, 0.3) is 0 Å². The molecule has 2 heterocycles. The summed E-state index contributed by atoms with van der Waals surface area (Å²) in [4.78, 5) is 8.78. The molecule has 0 radical (unpaired) electrons. The monoisotopic (exact) mass is 209 g/mol. The van der Waals surface area contributed by atoms with Crippen LogP contribution in [0.2, 0.25) is 0 Å². The quantitative estimate of drug-likeness (QED) is 0.801. The summed E-state index contributed by atoms with van der Waals surface area (Å²) in [5.41, 5.74) is 6.94. The predicted octanol–water partition coefficient (Wildman–Crippen LogP) is 1.47. The van der Waals surface area contributed by atoms with Crippen LogP contribution in [0, 0.1) is 6.92 Å². The van der Waals surface area contributed by atoms with E-state index in [0.29, 0.717) is 6.54 Å². The minimum Gasteiger partial charge on any atom is -0.329 e. The Morgan fingerprint density at radius 3 is 2.71 bits per heavy atom. The lowest BCUT2D eigenvalue weighted by Crippen LogP contribution is -2.31. The topological polar surface area (TPSA) is 51.8 Å². The van der Waals surface area contributed by atoms with Crippen LogP contribution in [0.15, 0.2) is 12.4 Å². The second kappa shape index (κ2) is 3.87. The molecule has 1 atom stereocenters. The highest BCUT2D eigenvalue weighted by atomic mass is 32.2. The number of hydrogen-bond donors (Lipinski definition) is 1. The maximum atomic E-state index is 5.84. The molecule has 2 rings (SSSR count). The summed E-state index contributed by atoms with van der Waals surface area (Å²) in [7, 11) is 0. The molecule has 1 aliphatic rings. The Balaban J connectivity index is 2.31. The van der Waals surface area contributed by atoms with Crippen LogP contribution >= 0.6 is 11.8 Å². The number of aromatic nitrogens is 2. The van der Waals surface area contributed by atoms with Gasteiger partial charge in [-0.2, -0.15) is 0 Å². The highest BCUT2D eigenvalue weighted by molar-refractivity contribution is 8.00. The van der Waals surface area contributed by atoms with Crippen LogP contribution in [-0.4, -0.2) is 22.3 Å². The first-order valence-electron chi connectivity index (χ1n) is 4.90. The molecule has 1 aromatic heterocycles. The molecule has 0 aromatic carbocycles. The Kier molecular flexibility index (Phi) is 2.74. The van der Waals surface area contributed by atoms with Gasteiger partial charge in [-0.1, -0.05) is 0 Å². The average molecular weight is 209 g/mol. The molecule has 1 aromatic rings. The zero-order valence-corrected chi connectivity index (χ0v) is 9.18. The van der Waals surface area contributed by atoms with Gasteiger partial charge in [0, 0.05) is 18.9 Å². The third-order valence-corrected chi connectivity index (χ3v) is 4.22. The van der Waals surface area contributed by atoms with E-state index in [9.17, 15) is 0 Å². The first-order chi connectivity index (χ1) is 6.77. The highest BCUT2D eigenvalue weighted by Gasteiger charge is 2.37. The van der Waals surface area contributed by atoms with Crippen molar-refractivity contribution in [1.82, 2.24) is 9.97 Å². The standard InChI is InChI=1S/C10H15N3S/c1-8-5-12-9(13-6-8)10(7-11)3-2-4-14-10/h5-6H,2-4,7,11H2,1H3.